The average Bonchev–Trinajstić information content (AvgIpc) is 3.38. The van der Waals surface area contributed by atoms with Crippen LogP contribution >= 0.6 is 0 Å². The molecule has 0 spiro atoms. The van der Waals surface area contributed by atoms with E-state index in [2.05, 4.69) is 10.1 Å². The fourth-order valence-electron chi connectivity index (χ4n) is 3.43. The molecule has 1 atom stereocenters. The molecular formula is C19H21N5O. The lowest BCUT2D eigenvalue weighted by molar-refractivity contribution is 0.0721. The molecule has 0 radical (unpaired) electrons. The number of carbonyl (C=O) groups excluding carboxylic acids is 1. The highest BCUT2D eigenvalue weighted by Gasteiger charge is 2.29. The van der Waals surface area contributed by atoms with Crippen molar-refractivity contribution in [3.05, 3.63) is 72.6 Å². The molecule has 2 aromatic heterocycles. The summed E-state index contributed by atoms with van der Waals surface area (Å²) in [5.74, 6) is 0.115. The molecule has 0 bridgehead atoms. The molecule has 3 heterocycles. The number of carbonyl (C=O) groups is 1. The molecule has 1 saturated heterocycles. The van der Waals surface area contributed by atoms with Gasteiger partial charge in [-0.1, -0.05) is 12.1 Å². The molecule has 3 aromatic rings. The van der Waals surface area contributed by atoms with E-state index in [0.29, 0.717) is 0 Å². The van der Waals surface area contributed by atoms with Gasteiger partial charge < -0.3 is 9.47 Å². The molecule has 6 heteroatoms. The fourth-order valence-corrected chi connectivity index (χ4v) is 3.43. The zero-order valence-electron chi connectivity index (χ0n) is 14.0. The number of hydrogen-bond acceptors (Lipinski definition) is 3. The Morgan fingerprint density at radius 2 is 2.04 bits per heavy atom. The molecule has 128 valence electrons. The van der Waals surface area contributed by atoms with E-state index in [4.69, 9.17) is 0 Å². The third kappa shape index (κ3) is 3.47. The average molecular weight is 335 g/mol. The monoisotopic (exact) mass is 335 g/mol. The van der Waals surface area contributed by atoms with Crippen LogP contribution in [0.2, 0.25) is 0 Å². The maximum Gasteiger partial charge on any atom is 0.254 e. The summed E-state index contributed by atoms with van der Waals surface area (Å²) < 4.78 is 3.92. The summed E-state index contributed by atoms with van der Waals surface area (Å²) >= 11 is 0. The molecule has 0 unspecified atom stereocenters. The Kier molecular flexibility index (Phi) is 4.33. The van der Waals surface area contributed by atoms with Crippen molar-refractivity contribution in [2.45, 2.75) is 32.0 Å². The standard InChI is InChI=1S/C19H21N5O/c25-19(24-11-1-3-18(24)14-23-10-2-8-21-23)17-6-4-16(5-7-17)13-22-12-9-20-15-22/h2,4-10,12,15,18H,1,3,11,13-14H2/t18-/m1/s1. The second-order valence-electron chi connectivity index (χ2n) is 6.45. The maximum absolute atomic E-state index is 12.9. The van der Waals surface area contributed by atoms with Gasteiger partial charge in [0.25, 0.3) is 5.91 Å². The molecular weight excluding hydrogens is 314 g/mol. The number of benzene rings is 1. The first kappa shape index (κ1) is 15.6. The van der Waals surface area contributed by atoms with Gasteiger partial charge in [-0.05, 0) is 36.6 Å². The molecule has 4 rings (SSSR count). The van der Waals surface area contributed by atoms with Gasteiger partial charge >= 0.3 is 0 Å². The van der Waals surface area contributed by atoms with Crippen LogP contribution in [-0.2, 0) is 13.1 Å². The molecule has 1 fully saturated rings. The molecule has 1 aromatic carbocycles. The summed E-state index contributed by atoms with van der Waals surface area (Å²) in [4.78, 5) is 18.9. The molecule has 1 aliphatic heterocycles. The quantitative estimate of drug-likeness (QED) is 0.719. The van der Waals surface area contributed by atoms with Crippen molar-refractivity contribution in [2.24, 2.45) is 0 Å². The van der Waals surface area contributed by atoms with Crippen LogP contribution in [-0.4, -0.2) is 42.7 Å². The highest BCUT2D eigenvalue weighted by molar-refractivity contribution is 5.94. The Morgan fingerprint density at radius 3 is 2.76 bits per heavy atom. The van der Waals surface area contributed by atoms with Crippen molar-refractivity contribution in [3.8, 4) is 0 Å². The lowest BCUT2D eigenvalue weighted by Crippen LogP contribution is -2.38. The number of amides is 1. The smallest absolute Gasteiger partial charge is 0.254 e. The summed E-state index contributed by atoms with van der Waals surface area (Å²) in [7, 11) is 0. The van der Waals surface area contributed by atoms with Gasteiger partial charge in [0.1, 0.15) is 0 Å². The number of imidazole rings is 1. The topological polar surface area (TPSA) is 56.0 Å². The van der Waals surface area contributed by atoms with E-state index in [1.165, 1.54) is 0 Å². The van der Waals surface area contributed by atoms with Crippen molar-refractivity contribution in [3.63, 3.8) is 0 Å². The first-order valence-electron chi connectivity index (χ1n) is 8.63. The zero-order valence-corrected chi connectivity index (χ0v) is 14.0. The van der Waals surface area contributed by atoms with Gasteiger partial charge in [0.2, 0.25) is 0 Å². The SMILES string of the molecule is O=C(c1ccc(Cn2ccnc2)cc1)N1CCC[C@@H]1Cn1cccn1. The Morgan fingerprint density at radius 1 is 1.16 bits per heavy atom. The van der Waals surface area contributed by atoms with Gasteiger partial charge in [0.15, 0.2) is 0 Å². The van der Waals surface area contributed by atoms with E-state index in [1.54, 1.807) is 18.7 Å². The second kappa shape index (κ2) is 6.93. The van der Waals surface area contributed by atoms with Crippen LogP contribution in [0.3, 0.4) is 0 Å². The van der Waals surface area contributed by atoms with Gasteiger partial charge in [-0.3, -0.25) is 9.48 Å². The largest absolute Gasteiger partial charge is 0.334 e. The normalized spacial score (nSPS) is 17.1. The van der Waals surface area contributed by atoms with Crippen molar-refractivity contribution >= 4 is 5.91 Å². The van der Waals surface area contributed by atoms with Crippen molar-refractivity contribution in [1.82, 2.24) is 24.2 Å². The third-order valence-electron chi connectivity index (χ3n) is 4.72. The van der Waals surface area contributed by atoms with Crippen molar-refractivity contribution in [1.29, 1.82) is 0 Å². The predicted octanol–water partition coefficient (Wildman–Crippen LogP) is 2.43. The molecule has 0 aliphatic carbocycles. The summed E-state index contributed by atoms with van der Waals surface area (Å²) in [6.45, 7) is 2.35. The van der Waals surface area contributed by atoms with Crippen LogP contribution in [0.4, 0.5) is 0 Å². The lowest BCUT2D eigenvalue weighted by atomic mass is 10.1. The summed E-state index contributed by atoms with van der Waals surface area (Å²) in [6.07, 6.45) is 11.3. The van der Waals surface area contributed by atoms with Crippen LogP contribution in [0, 0.1) is 0 Å². The minimum absolute atomic E-state index is 0.115. The number of hydrogen-bond donors (Lipinski definition) is 0. The number of aromatic nitrogens is 4. The van der Waals surface area contributed by atoms with Gasteiger partial charge in [-0.25, -0.2) is 4.98 Å². The number of rotatable bonds is 5. The Labute approximate surface area is 146 Å². The zero-order chi connectivity index (χ0) is 17.1. The number of nitrogens with zero attached hydrogens (tertiary/aromatic N) is 5. The Hall–Kier alpha value is -2.89. The minimum Gasteiger partial charge on any atom is -0.334 e. The number of likely N-dealkylation sites (tertiary alicyclic amines) is 1. The molecule has 0 saturated carbocycles. The van der Waals surface area contributed by atoms with Gasteiger partial charge in [-0.15, -0.1) is 0 Å². The van der Waals surface area contributed by atoms with Gasteiger partial charge in [0.05, 0.1) is 18.9 Å². The van der Waals surface area contributed by atoms with E-state index in [0.717, 1.165) is 43.6 Å². The molecule has 25 heavy (non-hydrogen) atoms. The molecule has 0 N–H and O–H groups in total. The fraction of sp³-hybridized carbons (Fsp3) is 0.316. The predicted molar refractivity (Wildman–Crippen MR) is 94.1 cm³/mol. The second-order valence-corrected chi connectivity index (χ2v) is 6.45. The van der Waals surface area contributed by atoms with Crippen LogP contribution in [0.5, 0.6) is 0 Å². The maximum atomic E-state index is 12.9. The molecule has 1 amide bonds. The summed E-state index contributed by atoms with van der Waals surface area (Å²) in [6, 6.07) is 10.0. The summed E-state index contributed by atoms with van der Waals surface area (Å²) in [5.41, 5.74) is 1.91. The Balaban J connectivity index is 1.44. The first-order valence-corrected chi connectivity index (χ1v) is 8.63. The highest BCUT2D eigenvalue weighted by Crippen LogP contribution is 2.21. The van der Waals surface area contributed by atoms with E-state index in [-0.39, 0.29) is 11.9 Å². The van der Waals surface area contributed by atoms with Gasteiger partial charge in [0, 0.05) is 43.4 Å². The highest BCUT2D eigenvalue weighted by atomic mass is 16.2. The van der Waals surface area contributed by atoms with E-state index in [1.807, 2.05) is 56.9 Å². The van der Waals surface area contributed by atoms with Crippen molar-refractivity contribution in [2.75, 3.05) is 6.54 Å². The van der Waals surface area contributed by atoms with E-state index < -0.39 is 0 Å². The summed E-state index contributed by atoms with van der Waals surface area (Å²) in [5, 5.41) is 4.26. The van der Waals surface area contributed by atoms with Gasteiger partial charge in [-0.2, -0.15) is 5.10 Å². The van der Waals surface area contributed by atoms with Crippen LogP contribution in [0.25, 0.3) is 0 Å². The molecule has 1 aliphatic rings. The van der Waals surface area contributed by atoms with Crippen LogP contribution < -0.4 is 0 Å². The lowest BCUT2D eigenvalue weighted by Gasteiger charge is -2.25. The third-order valence-corrected chi connectivity index (χ3v) is 4.72. The minimum atomic E-state index is 0.115. The van der Waals surface area contributed by atoms with Crippen molar-refractivity contribution < 1.29 is 4.79 Å². The first-order chi connectivity index (χ1) is 12.3. The van der Waals surface area contributed by atoms with Crippen LogP contribution in [0.1, 0.15) is 28.8 Å². The molecule has 6 nitrogen and oxygen atoms in total. The van der Waals surface area contributed by atoms with Crippen LogP contribution in [0.15, 0.2) is 61.4 Å². The van der Waals surface area contributed by atoms with E-state index >= 15 is 0 Å². The van der Waals surface area contributed by atoms with E-state index in [9.17, 15) is 4.79 Å². The Bertz CT molecular complexity index is 808.